The van der Waals surface area contributed by atoms with Crippen LogP contribution in [0.3, 0.4) is 0 Å². The normalized spacial score (nSPS) is 15.1. The third-order valence-electron chi connectivity index (χ3n) is 4.66. The number of piperazine rings is 1. The first-order chi connectivity index (χ1) is 12.1. The molecule has 0 saturated carbocycles. The Morgan fingerprint density at radius 3 is 2.52 bits per heavy atom. The van der Waals surface area contributed by atoms with E-state index >= 15 is 0 Å². The van der Waals surface area contributed by atoms with Gasteiger partial charge >= 0.3 is 0 Å². The summed E-state index contributed by atoms with van der Waals surface area (Å²) in [5.74, 6) is 0.545. The zero-order valence-electron chi connectivity index (χ0n) is 15.1. The van der Waals surface area contributed by atoms with Crippen LogP contribution >= 0.6 is 0 Å². The fourth-order valence-electron chi connectivity index (χ4n) is 3.01. The molecule has 1 aliphatic rings. The Bertz CT molecular complexity index is 752. The second kappa shape index (κ2) is 7.57. The first-order valence-electron chi connectivity index (χ1n) is 8.56. The molecule has 1 fully saturated rings. The van der Waals surface area contributed by atoms with Gasteiger partial charge in [0.25, 0.3) is 5.91 Å². The summed E-state index contributed by atoms with van der Waals surface area (Å²) in [7, 11) is 3.75. The van der Waals surface area contributed by atoms with Gasteiger partial charge < -0.3 is 19.9 Å². The maximum Gasteiger partial charge on any atom is 0.255 e. The molecule has 5 nitrogen and oxygen atoms in total. The van der Waals surface area contributed by atoms with Crippen LogP contribution in [0.25, 0.3) is 0 Å². The molecule has 0 bridgehead atoms. The van der Waals surface area contributed by atoms with E-state index in [9.17, 15) is 4.79 Å². The van der Waals surface area contributed by atoms with E-state index in [0.717, 1.165) is 37.4 Å². The van der Waals surface area contributed by atoms with Crippen molar-refractivity contribution in [1.82, 2.24) is 4.90 Å². The average Bonchev–Trinajstić information content (AvgIpc) is 2.64. The van der Waals surface area contributed by atoms with Gasteiger partial charge in [0, 0.05) is 43.1 Å². The molecule has 25 heavy (non-hydrogen) atoms. The summed E-state index contributed by atoms with van der Waals surface area (Å²) in [6, 6.07) is 13.4. The number of aryl methyl sites for hydroxylation is 1. The van der Waals surface area contributed by atoms with Gasteiger partial charge in [-0.1, -0.05) is 6.07 Å². The van der Waals surface area contributed by atoms with Crippen molar-refractivity contribution in [2.45, 2.75) is 6.92 Å². The van der Waals surface area contributed by atoms with Crippen LogP contribution in [0.1, 0.15) is 15.9 Å². The molecule has 0 atom stereocenters. The van der Waals surface area contributed by atoms with Gasteiger partial charge in [0.2, 0.25) is 0 Å². The van der Waals surface area contributed by atoms with Gasteiger partial charge in [0.1, 0.15) is 5.75 Å². The van der Waals surface area contributed by atoms with E-state index in [-0.39, 0.29) is 5.91 Å². The molecule has 0 spiro atoms. The van der Waals surface area contributed by atoms with Crippen LogP contribution in [0, 0.1) is 6.92 Å². The monoisotopic (exact) mass is 339 g/mol. The predicted molar refractivity (Wildman–Crippen MR) is 102 cm³/mol. The Kier molecular flexibility index (Phi) is 5.24. The van der Waals surface area contributed by atoms with Crippen LogP contribution < -0.4 is 15.0 Å². The molecule has 0 radical (unpaired) electrons. The van der Waals surface area contributed by atoms with Crippen molar-refractivity contribution in [2.24, 2.45) is 0 Å². The number of rotatable bonds is 4. The first-order valence-corrected chi connectivity index (χ1v) is 8.56. The topological polar surface area (TPSA) is 44.8 Å². The summed E-state index contributed by atoms with van der Waals surface area (Å²) in [5, 5.41) is 2.99. The summed E-state index contributed by atoms with van der Waals surface area (Å²) < 4.78 is 5.18. The molecule has 0 aromatic heterocycles. The molecule has 1 saturated heterocycles. The maximum atomic E-state index is 12.5. The zero-order valence-corrected chi connectivity index (χ0v) is 15.1. The number of hydrogen-bond acceptors (Lipinski definition) is 4. The number of amides is 1. The Hall–Kier alpha value is -2.53. The van der Waals surface area contributed by atoms with Crippen LogP contribution in [-0.2, 0) is 0 Å². The van der Waals surface area contributed by atoms with Crippen LogP contribution in [0.5, 0.6) is 5.75 Å². The van der Waals surface area contributed by atoms with Crippen LogP contribution in [0.2, 0.25) is 0 Å². The Morgan fingerprint density at radius 1 is 1.08 bits per heavy atom. The number of likely N-dealkylation sites (N-methyl/N-ethyl adjacent to an activating group) is 1. The number of benzene rings is 2. The van der Waals surface area contributed by atoms with E-state index in [1.165, 1.54) is 5.69 Å². The number of anilines is 2. The number of ether oxygens (including phenoxy) is 1. The van der Waals surface area contributed by atoms with E-state index < -0.39 is 0 Å². The van der Waals surface area contributed by atoms with E-state index in [0.29, 0.717) is 11.3 Å². The smallest absolute Gasteiger partial charge is 0.255 e. The summed E-state index contributed by atoms with van der Waals surface area (Å²) in [6.45, 7) is 6.25. The molecule has 0 unspecified atom stereocenters. The lowest BCUT2D eigenvalue weighted by Crippen LogP contribution is -2.44. The molecule has 1 N–H and O–H groups in total. The van der Waals surface area contributed by atoms with Gasteiger partial charge in [-0.3, -0.25) is 4.79 Å². The third-order valence-corrected chi connectivity index (χ3v) is 4.66. The fourth-order valence-corrected chi connectivity index (χ4v) is 3.01. The van der Waals surface area contributed by atoms with Crippen molar-refractivity contribution in [3.63, 3.8) is 0 Å². The standard InChI is InChI=1S/C20H25N3O2/c1-15-13-17(23-11-9-22(2)10-12-23)7-8-19(15)21-20(24)16-5-4-6-18(14-16)25-3/h4-8,13-14H,9-12H2,1-3H3,(H,21,24). The minimum absolute atomic E-state index is 0.130. The predicted octanol–water partition coefficient (Wildman–Crippen LogP) is 3.01. The number of nitrogens with zero attached hydrogens (tertiary/aromatic N) is 2. The Labute approximate surface area is 149 Å². The number of carbonyl (C=O) groups is 1. The fraction of sp³-hybridized carbons (Fsp3) is 0.350. The van der Waals surface area contributed by atoms with Crippen LogP contribution in [0.15, 0.2) is 42.5 Å². The molecule has 132 valence electrons. The Morgan fingerprint density at radius 2 is 1.84 bits per heavy atom. The van der Waals surface area contributed by atoms with Crippen molar-refractivity contribution < 1.29 is 9.53 Å². The molecule has 1 heterocycles. The summed E-state index contributed by atoms with van der Waals surface area (Å²) in [5.41, 5.74) is 3.70. The number of methoxy groups -OCH3 is 1. The minimum Gasteiger partial charge on any atom is -0.497 e. The van der Waals surface area contributed by atoms with E-state index in [4.69, 9.17) is 4.74 Å². The molecule has 2 aromatic rings. The number of nitrogens with one attached hydrogen (secondary N) is 1. The quantitative estimate of drug-likeness (QED) is 0.930. The maximum absolute atomic E-state index is 12.5. The summed E-state index contributed by atoms with van der Waals surface area (Å²) in [6.07, 6.45) is 0. The third kappa shape index (κ3) is 4.12. The van der Waals surface area contributed by atoms with E-state index in [1.54, 1.807) is 19.2 Å². The second-order valence-corrected chi connectivity index (χ2v) is 6.48. The van der Waals surface area contributed by atoms with Gasteiger partial charge in [-0.2, -0.15) is 0 Å². The lowest BCUT2D eigenvalue weighted by Gasteiger charge is -2.34. The van der Waals surface area contributed by atoms with Crippen molar-refractivity contribution in [3.05, 3.63) is 53.6 Å². The van der Waals surface area contributed by atoms with E-state index in [2.05, 4.69) is 34.3 Å². The van der Waals surface area contributed by atoms with E-state index in [1.807, 2.05) is 25.1 Å². The van der Waals surface area contributed by atoms with Crippen molar-refractivity contribution in [3.8, 4) is 5.75 Å². The summed E-state index contributed by atoms with van der Waals surface area (Å²) >= 11 is 0. The molecular weight excluding hydrogens is 314 g/mol. The number of hydrogen-bond donors (Lipinski definition) is 1. The highest BCUT2D eigenvalue weighted by Gasteiger charge is 2.15. The van der Waals surface area contributed by atoms with Gasteiger partial charge in [-0.25, -0.2) is 0 Å². The lowest BCUT2D eigenvalue weighted by molar-refractivity contribution is 0.102. The largest absolute Gasteiger partial charge is 0.497 e. The molecule has 1 amide bonds. The second-order valence-electron chi connectivity index (χ2n) is 6.48. The average molecular weight is 339 g/mol. The van der Waals surface area contributed by atoms with Crippen LogP contribution in [-0.4, -0.2) is 51.1 Å². The highest BCUT2D eigenvalue weighted by Crippen LogP contribution is 2.24. The SMILES string of the molecule is COc1cccc(C(=O)Nc2ccc(N3CCN(C)CC3)cc2C)c1. The molecule has 2 aromatic carbocycles. The van der Waals surface area contributed by atoms with Crippen LogP contribution in [0.4, 0.5) is 11.4 Å². The van der Waals surface area contributed by atoms with Gasteiger partial charge in [-0.15, -0.1) is 0 Å². The first kappa shape index (κ1) is 17.3. The molecule has 5 heteroatoms. The summed E-state index contributed by atoms with van der Waals surface area (Å²) in [4.78, 5) is 17.2. The highest BCUT2D eigenvalue weighted by molar-refractivity contribution is 6.05. The number of carbonyl (C=O) groups excluding carboxylic acids is 1. The molecular formula is C20H25N3O2. The Balaban J connectivity index is 1.71. The van der Waals surface area contributed by atoms with Crippen molar-refractivity contribution >= 4 is 17.3 Å². The molecule has 3 rings (SSSR count). The molecule has 0 aliphatic carbocycles. The zero-order chi connectivity index (χ0) is 17.8. The van der Waals surface area contributed by atoms with Crippen molar-refractivity contribution in [1.29, 1.82) is 0 Å². The van der Waals surface area contributed by atoms with Gasteiger partial charge in [0.15, 0.2) is 0 Å². The highest BCUT2D eigenvalue weighted by atomic mass is 16.5. The minimum atomic E-state index is -0.130. The van der Waals surface area contributed by atoms with Gasteiger partial charge in [-0.05, 0) is 55.9 Å². The lowest BCUT2D eigenvalue weighted by atomic mass is 10.1. The van der Waals surface area contributed by atoms with Crippen molar-refractivity contribution in [2.75, 3.05) is 50.6 Å². The van der Waals surface area contributed by atoms with Gasteiger partial charge in [0.05, 0.1) is 7.11 Å². The molecule has 1 aliphatic heterocycles.